The van der Waals surface area contributed by atoms with Crippen molar-refractivity contribution in [1.82, 2.24) is 15.0 Å². The molecule has 1 amide bonds. The van der Waals surface area contributed by atoms with Gasteiger partial charge in [0, 0.05) is 0 Å². The number of carbonyl (C=O) groups excluding carboxylic acids is 2. The molecule has 1 unspecified atom stereocenters. The minimum atomic E-state index is -1.00. The van der Waals surface area contributed by atoms with Gasteiger partial charge in [-0.05, 0) is 29.5 Å². The molecule has 1 aliphatic rings. The topological polar surface area (TPSA) is 117 Å². The number of nitrogen functional groups attached to an aromatic ring is 1. The largest absolute Gasteiger partial charge is 0.390 e. The molecule has 0 saturated heterocycles. The maximum atomic E-state index is 14.0. The average Bonchev–Trinajstić information content (AvgIpc) is 3.40. The maximum Gasteiger partial charge on any atom is 0.251 e. The number of Topliss-reactive ketones (excluding diaryl/α,β-unsaturated/α-hetero) is 1. The van der Waals surface area contributed by atoms with Crippen LogP contribution in [0.5, 0.6) is 0 Å². The third kappa shape index (κ3) is 3.11. The number of fused-ring (bicyclic) bond motifs is 1. The number of hydrogen-bond donors (Lipinski definition) is 2. The molecule has 1 atom stereocenters. The van der Waals surface area contributed by atoms with Crippen LogP contribution >= 0.6 is 11.3 Å². The first-order chi connectivity index (χ1) is 15.5. The Labute approximate surface area is 188 Å². The number of rotatable bonds is 5. The van der Waals surface area contributed by atoms with E-state index >= 15 is 0 Å². The fourth-order valence-electron chi connectivity index (χ4n) is 4.53. The van der Waals surface area contributed by atoms with E-state index in [0.29, 0.717) is 35.5 Å². The predicted octanol–water partition coefficient (Wildman–Crippen LogP) is 3.18. The number of amides is 1. The number of anilines is 1. The molecule has 0 spiro atoms. The van der Waals surface area contributed by atoms with E-state index in [2.05, 4.69) is 10.3 Å². The smallest absolute Gasteiger partial charge is 0.251 e. The average molecular weight is 444 g/mol. The second-order valence-corrected chi connectivity index (χ2v) is 8.95. The Morgan fingerprint density at radius 3 is 2.47 bits per heavy atom. The van der Waals surface area contributed by atoms with Gasteiger partial charge >= 0.3 is 0 Å². The summed E-state index contributed by atoms with van der Waals surface area (Å²) in [6.07, 6.45) is 2.78. The van der Waals surface area contributed by atoms with Gasteiger partial charge in [-0.3, -0.25) is 9.59 Å². The molecule has 4 aromatic rings. The van der Waals surface area contributed by atoms with Gasteiger partial charge in [-0.1, -0.05) is 65.9 Å². The van der Waals surface area contributed by atoms with Crippen LogP contribution in [0.25, 0.3) is 0 Å². The van der Waals surface area contributed by atoms with E-state index < -0.39 is 11.3 Å². The number of nitrogens with zero attached hydrogens (tertiary/aromatic N) is 3. The van der Waals surface area contributed by atoms with Crippen molar-refractivity contribution in [2.24, 2.45) is 5.73 Å². The molecular formula is C24H21N5O2S. The Morgan fingerprint density at radius 2 is 1.78 bits per heavy atom. The summed E-state index contributed by atoms with van der Waals surface area (Å²) >= 11 is 1.13. The van der Waals surface area contributed by atoms with Crippen molar-refractivity contribution in [2.45, 2.75) is 24.8 Å². The summed E-state index contributed by atoms with van der Waals surface area (Å²) < 4.78 is 1.75. The fraction of sp³-hybridized carbons (Fsp3) is 0.167. The Hall–Kier alpha value is -3.78. The van der Waals surface area contributed by atoms with Crippen LogP contribution in [-0.4, -0.2) is 26.7 Å². The Balaban J connectivity index is 1.63. The number of aromatic nitrogens is 3. The Morgan fingerprint density at radius 1 is 1.09 bits per heavy atom. The number of primary amides is 1. The molecule has 7 nitrogen and oxygen atoms in total. The van der Waals surface area contributed by atoms with Crippen molar-refractivity contribution in [3.05, 3.63) is 99.7 Å². The third-order valence-corrected chi connectivity index (χ3v) is 7.11. The molecule has 0 bridgehead atoms. The van der Waals surface area contributed by atoms with Crippen molar-refractivity contribution in [1.29, 1.82) is 0 Å². The fourth-order valence-corrected chi connectivity index (χ4v) is 5.67. The molecule has 4 N–H and O–H groups in total. The number of nitrogens with two attached hydrogens (primary N) is 2. The van der Waals surface area contributed by atoms with Gasteiger partial charge in [-0.2, -0.15) is 0 Å². The number of thiophene rings is 1. The summed E-state index contributed by atoms with van der Waals surface area (Å²) in [4.78, 5) is 26.4. The van der Waals surface area contributed by atoms with Crippen LogP contribution in [0.15, 0.2) is 66.9 Å². The summed E-state index contributed by atoms with van der Waals surface area (Å²) in [5, 5.41) is 9.05. The lowest BCUT2D eigenvalue weighted by Crippen LogP contribution is -2.41. The molecule has 0 fully saturated rings. The molecule has 2 aromatic heterocycles. The summed E-state index contributed by atoms with van der Waals surface area (Å²) in [5.41, 5.74) is 14.1. The molecule has 0 saturated carbocycles. The zero-order valence-corrected chi connectivity index (χ0v) is 18.0. The SMILES string of the molecule is NC(=O)c1c(N)sc2c1CCC(c1ccccc1)(c1cn(Cc3ccccc3)nn1)C2=O. The van der Waals surface area contributed by atoms with Crippen molar-refractivity contribution < 1.29 is 9.59 Å². The van der Waals surface area contributed by atoms with Gasteiger partial charge in [0.25, 0.3) is 5.91 Å². The van der Waals surface area contributed by atoms with Crippen LogP contribution in [0, 0.1) is 0 Å². The van der Waals surface area contributed by atoms with Crippen molar-refractivity contribution >= 4 is 28.0 Å². The predicted molar refractivity (Wildman–Crippen MR) is 123 cm³/mol. The van der Waals surface area contributed by atoms with Gasteiger partial charge in [0.1, 0.15) is 11.1 Å². The standard InChI is InChI=1S/C24H21N5O2S/c25-22(31)19-17-11-12-24(16-9-5-2-6-10-16,21(30)20(17)32-23(19)26)18-14-29(28-27-18)13-15-7-3-1-4-8-15/h1-10,14H,11-13,26H2,(H2,25,31). The lowest BCUT2D eigenvalue weighted by molar-refractivity contribution is 0.0894. The lowest BCUT2D eigenvalue weighted by atomic mass is 9.66. The number of benzene rings is 2. The third-order valence-electron chi connectivity index (χ3n) is 6.05. The molecule has 8 heteroatoms. The zero-order valence-electron chi connectivity index (χ0n) is 17.2. The van der Waals surface area contributed by atoms with Crippen LogP contribution in [-0.2, 0) is 18.4 Å². The van der Waals surface area contributed by atoms with E-state index in [0.717, 1.165) is 22.5 Å². The number of carbonyl (C=O) groups is 2. The first-order valence-corrected chi connectivity index (χ1v) is 11.1. The molecule has 32 heavy (non-hydrogen) atoms. The Bertz CT molecular complexity index is 1310. The first-order valence-electron chi connectivity index (χ1n) is 10.3. The van der Waals surface area contributed by atoms with Crippen molar-refractivity contribution in [2.75, 3.05) is 5.73 Å². The summed E-state index contributed by atoms with van der Waals surface area (Å²) in [6.45, 7) is 0.552. The van der Waals surface area contributed by atoms with Gasteiger partial charge < -0.3 is 11.5 Å². The van der Waals surface area contributed by atoms with Gasteiger partial charge in [0.05, 0.1) is 28.2 Å². The number of ketones is 1. The van der Waals surface area contributed by atoms with E-state index in [1.165, 1.54) is 0 Å². The molecule has 0 radical (unpaired) electrons. The highest BCUT2D eigenvalue weighted by Gasteiger charge is 2.49. The van der Waals surface area contributed by atoms with E-state index in [9.17, 15) is 9.59 Å². The summed E-state index contributed by atoms with van der Waals surface area (Å²) in [5.74, 6) is -0.727. The molecule has 2 aromatic carbocycles. The number of hydrogen-bond acceptors (Lipinski definition) is 6. The van der Waals surface area contributed by atoms with Crippen LogP contribution in [0.4, 0.5) is 5.00 Å². The second kappa shape index (κ2) is 7.72. The molecule has 5 rings (SSSR count). The normalized spacial score (nSPS) is 17.8. The first kappa shape index (κ1) is 20.1. The van der Waals surface area contributed by atoms with Crippen molar-refractivity contribution in [3.63, 3.8) is 0 Å². The van der Waals surface area contributed by atoms with Crippen LogP contribution < -0.4 is 11.5 Å². The zero-order chi connectivity index (χ0) is 22.3. The maximum absolute atomic E-state index is 14.0. The lowest BCUT2D eigenvalue weighted by Gasteiger charge is -2.34. The molecule has 160 valence electrons. The monoisotopic (exact) mass is 443 g/mol. The summed E-state index contributed by atoms with van der Waals surface area (Å²) in [6, 6.07) is 19.6. The second-order valence-electron chi connectivity index (χ2n) is 7.90. The van der Waals surface area contributed by atoms with E-state index in [-0.39, 0.29) is 16.3 Å². The van der Waals surface area contributed by atoms with E-state index in [4.69, 9.17) is 11.5 Å². The minimum absolute atomic E-state index is 0.124. The molecule has 1 aliphatic carbocycles. The van der Waals surface area contributed by atoms with Crippen LogP contribution in [0.2, 0.25) is 0 Å². The van der Waals surface area contributed by atoms with Gasteiger partial charge in [0.15, 0.2) is 5.78 Å². The van der Waals surface area contributed by atoms with Crippen LogP contribution in [0.1, 0.15) is 48.8 Å². The highest BCUT2D eigenvalue weighted by Crippen LogP contribution is 2.47. The van der Waals surface area contributed by atoms with E-state index in [1.807, 2.05) is 66.9 Å². The molecule has 0 aliphatic heterocycles. The van der Waals surface area contributed by atoms with Gasteiger partial charge in [0.2, 0.25) is 0 Å². The molecular weight excluding hydrogens is 422 g/mol. The van der Waals surface area contributed by atoms with Crippen LogP contribution in [0.3, 0.4) is 0 Å². The van der Waals surface area contributed by atoms with Gasteiger partial charge in [-0.15, -0.1) is 16.4 Å². The van der Waals surface area contributed by atoms with Crippen molar-refractivity contribution in [3.8, 4) is 0 Å². The summed E-state index contributed by atoms with van der Waals surface area (Å²) in [7, 11) is 0. The molecule has 2 heterocycles. The van der Waals surface area contributed by atoms with Gasteiger partial charge in [-0.25, -0.2) is 4.68 Å². The highest BCUT2D eigenvalue weighted by molar-refractivity contribution is 7.18. The quantitative estimate of drug-likeness (QED) is 0.491. The highest BCUT2D eigenvalue weighted by atomic mass is 32.1. The minimum Gasteiger partial charge on any atom is -0.390 e. The van der Waals surface area contributed by atoms with E-state index in [1.54, 1.807) is 4.68 Å². The Kier molecular flexibility index (Phi) is 4.86.